The van der Waals surface area contributed by atoms with Gasteiger partial charge in [-0.25, -0.2) is 0 Å². The van der Waals surface area contributed by atoms with E-state index >= 15 is 0 Å². The molecule has 10 heteroatoms. The second-order valence-electron chi connectivity index (χ2n) is 4.86. The molecule has 0 saturated heterocycles. The van der Waals surface area contributed by atoms with E-state index in [1.54, 1.807) is 20.8 Å². The lowest BCUT2D eigenvalue weighted by Gasteiger charge is -2.37. The second kappa shape index (κ2) is 7.87. The fourth-order valence-electron chi connectivity index (χ4n) is 1.00. The number of hydrogen-bond donors (Lipinski definition) is 4. The van der Waals surface area contributed by atoms with Crippen molar-refractivity contribution in [2.45, 2.75) is 26.3 Å². The van der Waals surface area contributed by atoms with Gasteiger partial charge in [0.25, 0.3) is 0 Å². The van der Waals surface area contributed by atoms with Crippen LogP contribution in [0.1, 0.15) is 20.8 Å². The first-order valence-electron chi connectivity index (χ1n) is 5.54. The Morgan fingerprint density at radius 3 is 1.58 bits per heavy atom. The van der Waals surface area contributed by atoms with Crippen LogP contribution in [0, 0.1) is 5.41 Å². The molecule has 0 amide bonds. The monoisotopic (exact) mass is 320 g/mol. The molecule has 116 valence electrons. The van der Waals surface area contributed by atoms with Crippen LogP contribution in [0.4, 0.5) is 0 Å². The van der Waals surface area contributed by atoms with Crippen molar-refractivity contribution in [2.24, 2.45) is 5.41 Å². The van der Waals surface area contributed by atoms with Crippen LogP contribution in [0.15, 0.2) is 0 Å². The van der Waals surface area contributed by atoms with E-state index < -0.39 is 45.6 Å². The van der Waals surface area contributed by atoms with Crippen molar-refractivity contribution >= 4 is 19.3 Å². The van der Waals surface area contributed by atoms with E-state index in [0.717, 1.165) is 0 Å². The summed E-state index contributed by atoms with van der Waals surface area (Å²) in [6.45, 7) is 2.03. The van der Waals surface area contributed by atoms with Gasteiger partial charge in [-0.2, -0.15) is 9.34 Å². The molecular weight excluding hydrogens is 299 g/mol. The summed E-state index contributed by atoms with van der Waals surface area (Å²) in [6.07, 6.45) is 0. The van der Waals surface area contributed by atoms with Gasteiger partial charge in [0.2, 0.25) is 0 Å². The fraction of sp³-hybridized carbons (Fsp3) is 1.00. The lowest BCUT2D eigenvalue weighted by Crippen LogP contribution is -2.38. The van der Waals surface area contributed by atoms with Gasteiger partial charge >= 0.3 is 7.67 Å². The SMILES string of the molecule is CC(C)(C)C(Cl)OP(=O)(N(CO)CO)N(CO)CO. The number of aliphatic hydroxyl groups excluding tert-OH is 4. The third-order valence-electron chi connectivity index (χ3n) is 2.28. The van der Waals surface area contributed by atoms with Gasteiger partial charge in [0.1, 0.15) is 32.5 Å². The number of halogens is 1. The highest BCUT2D eigenvalue weighted by atomic mass is 35.5. The molecule has 0 heterocycles. The number of rotatable bonds is 8. The van der Waals surface area contributed by atoms with Crippen LogP contribution in [0.3, 0.4) is 0 Å². The third kappa shape index (κ3) is 4.93. The van der Waals surface area contributed by atoms with Gasteiger partial charge in [0, 0.05) is 5.41 Å². The summed E-state index contributed by atoms with van der Waals surface area (Å²) in [5.41, 5.74) is -1.61. The quantitative estimate of drug-likeness (QED) is 0.283. The van der Waals surface area contributed by atoms with E-state index in [4.69, 9.17) is 36.6 Å². The first kappa shape index (κ1) is 19.2. The summed E-state index contributed by atoms with van der Waals surface area (Å²) in [5, 5.41) is 36.4. The summed E-state index contributed by atoms with van der Waals surface area (Å²) in [5.74, 6) is 0. The van der Waals surface area contributed by atoms with Gasteiger partial charge in [-0.3, -0.25) is 9.09 Å². The molecule has 8 nitrogen and oxygen atoms in total. The van der Waals surface area contributed by atoms with Gasteiger partial charge in [0.15, 0.2) is 0 Å². The Morgan fingerprint density at radius 1 is 1.05 bits per heavy atom. The zero-order valence-electron chi connectivity index (χ0n) is 11.2. The molecule has 0 rings (SSSR count). The van der Waals surface area contributed by atoms with Gasteiger partial charge in [0.05, 0.1) is 0 Å². The van der Waals surface area contributed by atoms with Crippen molar-refractivity contribution < 1.29 is 29.5 Å². The van der Waals surface area contributed by atoms with Crippen LogP contribution >= 0.6 is 19.3 Å². The molecule has 0 aromatic heterocycles. The minimum absolute atomic E-state index is 0.579. The van der Waals surface area contributed by atoms with E-state index in [1.165, 1.54) is 0 Å². The Labute approximate surface area is 117 Å². The molecule has 0 aliphatic heterocycles. The lowest BCUT2D eigenvalue weighted by molar-refractivity contribution is 0.0182. The van der Waals surface area contributed by atoms with E-state index in [2.05, 4.69) is 0 Å². The molecule has 4 N–H and O–H groups in total. The summed E-state index contributed by atoms with van der Waals surface area (Å²) in [6, 6.07) is 0. The Bertz CT molecular complexity index is 290. The maximum absolute atomic E-state index is 12.7. The van der Waals surface area contributed by atoms with E-state index in [-0.39, 0.29) is 0 Å². The predicted molar refractivity (Wildman–Crippen MR) is 69.8 cm³/mol. The Hall–Kier alpha value is 0.240. The van der Waals surface area contributed by atoms with Crippen molar-refractivity contribution in [1.29, 1.82) is 0 Å². The third-order valence-corrected chi connectivity index (χ3v) is 5.57. The fourth-order valence-corrected chi connectivity index (χ4v) is 3.13. The molecular formula is C9H22ClN2O6P. The van der Waals surface area contributed by atoms with Gasteiger partial charge in [-0.15, -0.1) is 0 Å². The summed E-state index contributed by atoms with van der Waals surface area (Å²) >= 11 is 5.98. The summed E-state index contributed by atoms with van der Waals surface area (Å²) < 4.78 is 19.3. The maximum Gasteiger partial charge on any atom is 0.355 e. The highest BCUT2D eigenvalue weighted by Gasteiger charge is 2.42. The summed E-state index contributed by atoms with van der Waals surface area (Å²) in [7, 11) is -4.06. The van der Waals surface area contributed by atoms with Crippen LogP contribution in [0.25, 0.3) is 0 Å². The Morgan fingerprint density at radius 2 is 1.37 bits per heavy atom. The molecule has 0 aliphatic carbocycles. The number of nitrogens with zero attached hydrogens (tertiary/aromatic N) is 2. The molecule has 0 aromatic carbocycles. The summed E-state index contributed by atoms with van der Waals surface area (Å²) in [4.78, 5) is 0. The number of aliphatic hydroxyl groups is 4. The van der Waals surface area contributed by atoms with Crippen LogP contribution < -0.4 is 0 Å². The number of alkyl halides is 1. The molecule has 0 saturated carbocycles. The minimum Gasteiger partial charge on any atom is -0.381 e. The normalized spacial score (nSPS) is 15.3. The number of hydrogen-bond acceptors (Lipinski definition) is 6. The molecule has 1 atom stereocenters. The highest BCUT2D eigenvalue weighted by Crippen LogP contribution is 2.56. The average molecular weight is 321 g/mol. The van der Waals surface area contributed by atoms with E-state index in [0.29, 0.717) is 9.34 Å². The smallest absolute Gasteiger partial charge is 0.355 e. The average Bonchev–Trinajstić information content (AvgIpc) is 2.30. The van der Waals surface area contributed by atoms with Crippen molar-refractivity contribution in [3.63, 3.8) is 0 Å². The molecule has 0 spiro atoms. The van der Waals surface area contributed by atoms with Crippen molar-refractivity contribution in [3.05, 3.63) is 0 Å². The van der Waals surface area contributed by atoms with Crippen molar-refractivity contribution in [3.8, 4) is 0 Å². The Kier molecular flexibility index (Phi) is 7.97. The van der Waals surface area contributed by atoms with Crippen LogP contribution in [-0.4, -0.2) is 62.3 Å². The van der Waals surface area contributed by atoms with Gasteiger partial charge < -0.3 is 20.4 Å². The zero-order valence-corrected chi connectivity index (χ0v) is 12.9. The van der Waals surface area contributed by atoms with Gasteiger partial charge in [-0.05, 0) is 0 Å². The molecule has 0 radical (unpaired) electrons. The van der Waals surface area contributed by atoms with E-state index in [9.17, 15) is 4.57 Å². The predicted octanol–water partition coefficient (Wildman–Crippen LogP) is 0.125. The zero-order chi connectivity index (χ0) is 15.3. The molecule has 0 aromatic rings. The standard InChI is InChI=1S/C9H22ClN2O6P/c1-9(2,3)8(10)18-19(17,11(4-13)5-14)12(6-15)7-16/h8,13-16H,4-7H2,1-3H3. The second-order valence-corrected chi connectivity index (χ2v) is 7.58. The first-order valence-corrected chi connectivity index (χ1v) is 7.50. The largest absolute Gasteiger partial charge is 0.381 e. The van der Waals surface area contributed by atoms with Crippen LogP contribution in [0.5, 0.6) is 0 Å². The van der Waals surface area contributed by atoms with Gasteiger partial charge in [-0.1, -0.05) is 32.4 Å². The topological polar surface area (TPSA) is 114 Å². The maximum atomic E-state index is 12.7. The Balaban J connectivity index is 5.34. The first-order chi connectivity index (χ1) is 8.67. The minimum atomic E-state index is -4.06. The molecule has 1 unspecified atom stereocenters. The molecule has 0 aliphatic rings. The molecule has 0 bridgehead atoms. The van der Waals surface area contributed by atoms with Crippen LogP contribution in [0.2, 0.25) is 0 Å². The molecule has 0 fully saturated rings. The van der Waals surface area contributed by atoms with E-state index in [1.807, 2.05) is 0 Å². The van der Waals surface area contributed by atoms with Crippen LogP contribution in [-0.2, 0) is 9.09 Å². The lowest BCUT2D eigenvalue weighted by atomic mass is 9.98. The highest BCUT2D eigenvalue weighted by molar-refractivity contribution is 7.54. The van der Waals surface area contributed by atoms with Crippen molar-refractivity contribution in [2.75, 3.05) is 26.9 Å². The van der Waals surface area contributed by atoms with Crippen molar-refractivity contribution in [1.82, 2.24) is 9.34 Å². The molecule has 19 heavy (non-hydrogen) atoms.